The van der Waals surface area contributed by atoms with Gasteiger partial charge in [0.25, 0.3) is 0 Å². The van der Waals surface area contributed by atoms with Gasteiger partial charge in [0.15, 0.2) is 5.78 Å². The van der Waals surface area contributed by atoms with E-state index in [1.807, 2.05) is 12.1 Å². The Hall–Kier alpha value is -0.640. The van der Waals surface area contributed by atoms with Crippen LogP contribution in [0.25, 0.3) is 6.08 Å². The van der Waals surface area contributed by atoms with Crippen molar-refractivity contribution in [2.75, 3.05) is 0 Å². The summed E-state index contributed by atoms with van der Waals surface area (Å²) in [5.74, 6) is 0.334. The second-order valence-electron chi connectivity index (χ2n) is 3.82. The van der Waals surface area contributed by atoms with Gasteiger partial charge in [-0.1, -0.05) is 18.2 Å². The van der Waals surface area contributed by atoms with Crippen LogP contribution in [0.2, 0.25) is 0 Å². The summed E-state index contributed by atoms with van der Waals surface area (Å²) >= 11 is 2.31. The number of halogens is 1. The number of carbonyl (C=O) groups is 1. The quantitative estimate of drug-likeness (QED) is 0.569. The van der Waals surface area contributed by atoms with Crippen LogP contribution in [0.15, 0.2) is 29.8 Å². The Morgan fingerprint density at radius 2 is 1.87 bits per heavy atom. The van der Waals surface area contributed by atoms with Crippen molar-refractivity contribution < 1.29 is 4.79 Å². The van der Waals surface area contributed by atoms with E-state index < -0.39 is 0 Å². The Labute approximate surface area is 104 Å². The highest BCUT2D eigenvalue weighted by molar-refractivity contribution is 14.1. The Morgan fingerprint density at radius 3 is 2.60 bits per heavy atom. The zero-order valence-electron chi connectivity index (χ0n) is 8.50. The Morgan fingerprint density at radius 1 is 1.13 bits per heavy atom. The molecule has 0 aromatic heterocycles. The molecule has 0 bridgehead atoms. The number of hydrogen-bond acceptors (Lipinski definition) is 1. The van der Waals surface area contributed by atoms with E-state index in [9.17, 15) is 4.79 Å². The predicted octanol–water partition coefficient (Wildman–Crippen LogP) is 3.82. The van der Waals surface area contributed by atoms with E-state index in [1.54, 1.807) is 0 Å². The first kappa shape index (κ1) is 10.9. The molecule has 0 spiro atoms. The van der Waals surface area contributed by atoms with E-state index in [0.29, 0.717) is 5.78 Å². The first-order valence-corrected chi connectivity index (χ1v) is 6.33. The van der Waals surface area contributed by atoms with E-state index >= 15 is 0 Å². The van der Waals surface area contributed by atoms with Crippen LogP contribution in [-0.4, -0.2) is 5.78 Å². The second-order valence-corrected chi connectivity index (χ2v) is 4.98. The van der Waals surface area contributed by atoms with Crippen LogP contribution in [0.1, 0.15) is 31.2 Å². The molecule has 0 unspecified atom stereocenters. The number of allylic oxidation sites excluding steroid dienone is 1. The molecule has 1 aromatic carbocycles. The molecule has 1 aliphatic carbocycles. The van der Waals surface area contributed by atoms with Gasteiger partial charge >= 0.3 is 0 Å². The van der Waals surface area contributed by atoms with Gasteiger partial charge in [-0.3, -0.25) is 4.79 Å². The molecule has 2 rings (SSSR count). The first-order chi connectivity index (χ1) is 7.27. The molecule has 15 heavy (non-hydrogen) atoms. The average molecular weight is 312 g/mol. The fraction of sp³-hybridized carbons (Fsp3) is 0.308. The molecule has 1 aromatic rings. The van der Waals surface area contributed by atoms with E-state index in [0.717, 1.165) is 31.3 Å². The van der Waals surface area contributed by atoms with Crippen molar-refractivity contribution in [3.8, 4) is 0 Å². The lowest BCUT2D eigenvalue weighted by Crippen LogP contribution is -2.08. The van der Waals surface area contributed by atoms with Crippen LogP contribution in [0, 0.1) is 3.57 Å². The minimum atomic E-state index is 0.334. The van der Waals surface area contributed by atoms with Crippen molar-refractivity contribution in [3.63, 3.8) is 0 Å². The zero-order chi connectivity index (χ0) is 10.7. The normalized spacial score (nSPS) is 19.5. The molecule has 1 aliphatic rings. The van der Waals surface area contributed by atoms with Gasteiger partial charge in [0, 0.05) is 9.99 Å². The molecule has 2 heteroatoms. The van der Waals surface area contributed by atoms with E-state index in [1.165, 1.54) is 9.13 Å². The highest BCUT2D eigenvalue weighted by Crippen LogP contribution is 2.23. The van der Waals surface area contributed by atoms with Gasteiger partial charge in [0.05, 0.1) is 0 Å². The molecule has 78 valence electrons. The predicted molar refractivity (Wildman–Crippen MR) is 70.6 cm³/mol. The summed E-state index contributed by atoms with van der Waals surface area (Å²) in [5, 5.41) is 0. The van der Waals surface area contributed by atoms with Crippen LogP contribution >= 0.6 is 22.6 Å². The smallest absolute Gasteiger partial charge is 0.158 e. The maximum absolute atomic E-state index is 11.6. The topological polar surface area (TPSA) is 17.1 Å². The summed E-state index contributed by atoms with van der Waals surface area (Å²) in [5.41, 5.74) is 2.17. The lowest BCUT2D eigenvalue weighted by molar-refractivity contribution is -0.116. The third kappa shape index (κ3) is 2.68. The van der Waals surface area contributed by atoms with E-state index in [4.69, 9.17) is 0 Å². The van der Waals surface area contributed by atoms with Crippen LogP contribution < -0.4 is 0 Å². The first-order valence-electron chi connectivity index (χ1n) is 5.25. The molecular weight excluding hydrogens is 299 g/mol. The molecule has 0 amide bonds. The molecule has 0 saturated heterocycles. The summed E-state index contributed by atoms with van der Waals surface area (Å²) < 4.78 is 1.21. The number of carbonyl (C=O) groups excluding carboxylic acids is 1. The third-order valence-corrected chi connectivity index (χ3v) is 3.68. The molecule has 0 atom stereocenters. The van der Waals surface area contributed by atoms with Gasteiger partial charge in [-0.2, -0.15) is 0 Å². The second kappa shape index (κ2) is 4.92. The van der Waals surface area contributed by atoms with Gasteiger partial charge in [-0.25, -0.2) is 0 Å². The Kier molecular flexibility index (Phi) is 3.57. The minimum Gasteiger partial charge on any atom is -0.295 e. The monoisotopic (exact) mass is 312 g/mol. The summed E-state index contributed by atoms with van der Waals surface area (Å²) in [6.45, 7) is 0. The third-order valence-electron chi connectivity index (χ3n) is 2.69. The van der Waals surface area contributed by atoms with E-state index in [-0.39, 0.29) is 0 Å². The molecular formula is C13H13IO. The highest BCUT2D eigenvalue weighted by Gasteiger charge is 2.14. The Balaban J connectivity index is 2.29. The molecule has 0 aliphatic heterocycles. The average Bonchev–Trinajstić information content (AvgIpc) is 2.24. The van der Waals surface area contributed by atoms with Gasteiger partial charge in [0.2, 0.25) is 0 Å². The van der Waals surface area contributed by atoms with Crippen LogP contribution in [0.3, 0.4) is 0 Å². The van der Waals surface area contributed by atoms with Crippen molar-refractivity contribution in [3.05, 3.63) is 39.0 Å². The summed E-state index contributed by atoms with van der Waals surface area (Å²) in [6, 6.07) is 8.17. The summed E-state index contributed by atoms with van der Waals surface area (Å²) in [6.07, 6.45) is 5.95. The lowest BCUT2D eigenvalue weighted by atomic mass is 9.92. The Bertz CT molecular complexity index is 407. The van der Waals surface area contributed by atoms with Gasteiger partial charge < -0.3 is 0 Å². The molecule has 1 fully saturated rings. The van der Waals surface area contributed by atoms with Crippen LogP contribution in [0.5, 0.6) is 0 Å². The van der Waals surface area contributed by atoms with Gasteiger partial charge in [-0.05, 0) is 65.1 Å². The van der Waals surface area contributed by atoms with Crippen LogP contribution in [-0.2, 0) is 4.79 Å². The molecule has 1 saturated carbocycles. The van der Waals surface area contributed by atoms with Crippen molar-refractivity contribution in [2.45, 2.75) is 25.7 Å². The van der Waals surface area contributed by atoms with Crippen molar-refractivity contribution in [1.82, 2.24) is 0 Å². The molecule has 0 heterocycles. The van der Waals surface area contributed by atoms with Crippen molar-refractivity contribution >= 4 is 34.5 Å². The van der Waals surface area contributed by atoms with Crippen molar-refractivity contribution in [2.24, 2.45) is 0 Å². The standard InChI is InChI=1S/C13H13IO/c14-12-7-3-1-5-10(12)9-11-6-2-4-8-13(11)15/h1,3,5,7,9H,2,4,6,8H2/b11-9-. The maximum Gasteiger partial charge on any atom is 0.158 e. The van der Waals surface area contributed by atoms with E-state index in [2.05, 4.69) is 40.8 Å². The minimum absolute atomic E-state index is 0.334. The SMILES string of the molecule is O=C1CCCC/C1=C/c1ccccc1I. The summed E-state index contributed by atoms with van der Waals surface area (Å²) in [7, 11) is 0. The van der Waals surface area contributed by atoms with Gasteiger partial charge in [-0.15, -0.1) is 0 Å². The fourth-order valence-corrected chi connectivity index (χ4v) is 2.38. The van der Waals surface area contributed by atoms with Gasteiger partial charge in [0.1, 0.15) is 0 Å². The highest BCUT2D eigenvalue weighted by atomic mass is 127. The van der Waals surface area contributed by atoms with Crippen molar-refractivity contribution in [1.29, 1.82) is 0 Å². The zero-order valence-corrected chi connectivity index (χ0v) is 10.7. The molecule has 1 nitrogen and oxygen atoms in total. The summed E-state index contributed by atoms with van der Waals surface area (Å²) in [4.78, 5) is 11.6. The number of hydrogen-bond donors (Lipinski definition) is 0. The number of Topliss-reactive ketones (excluding diaryl/α,β-unsaturated/α-hetero) is 1. The largest absolute Gasteiger partial charge is 0.295 e. The number of benzene rings is 1. The number of rotatable bonds is 1. The lowest BCUT2D eigenvalue weighted by Gasteiger charge is -2.12. The number of ketones is 1. The maximum atomic E-state index is 11.6. The molecule has 0 N–H and O–H groups in total. The van der Waals surface area contributed by atoms with Crippen LogP contribution in [0.4, 0.5) is 0 Å². The fourth-order valence-electron chi connectivity index (χ4n) is 1.83. The molecule has 0 radical (unpaired) electrons.